The van der Waals surface area contributed by atoms with E-state index in [9.17, 15) is 22.0 Å². The summed E-state index contributed by atoms with van der Waals surface area (Å²) in [7, 11) is -3.93. The van der Waals surface area contributed by atoms with Gasteiger partial charge in [0.2, 0.25) is 10.0 Å². The second-order valence-electron chi connectivity index (χ2n) is 5.53. The van der Waals surface area contributed by atoms with Crippen molar-refractivity contribution in [1.82, 2.24) is 5.32 Å². The molecule has 2 aromatic carbocycles. The number of halogens is 2. The van der Waals surface area contributed by atoms with Crippen LogP contribution in [0.5, 0.6) is 0 Å². The number of benzene rings is 2. The highest BCUT2D eigenvalue weighted by Crippen LogP contribution is 2.24. The molecule has 1 N–H and O–H groups in total. The van der Waals surface area contributed by atoms with Gasteiger partial charge < -0.3 is 5.32 Å². The number of amides is 1. The van der Waals surface area contributed by atoms with Gasteiger partial charge in [-0.05, 0) is 31.2 Å². The van der Waals surface area contributed by atoms with Crippen LogP contribution in [0.1, 0.15) is 15.9 Å². The molecule has 0 aliphatic carbocycles. The van der Waals surface area contributed by atoms with Crippen molar-refractivity contribution in [3.63, 3.8) is 0 Å². The third-order valence-electron chi connectivity index (χ3n) is 3.47. The molecule has 0 aliphatic heterocycles. The van der Waals surface area contributed by atoms with Crippen molar-refractivity contribution in [2.75, 3.05) is 23.7 Å². The summed E-state index contributed by atoms with van der Waals surface area (Å²) >= 11 is 0. The molecule has 0 aliphatic rings. The van der Waals surface area contributed by atoms with Gasteiger partial charge in [0.25, 0.3) is 5.91 Å². The number of nitrogens with one attached hydrogen (secondary N) is 1. The Morgan fingerprint density at radius 2 is 1.72 bits per heavy atom. The zero-order valence-corrected chi connectivity index (χ0v) is 14.6. The summed E-state index contributed by atoms with van der Waals surface area (Å²) in [6, 6.07) is 9.95. The van der Waals surface area contributed by atoms with E-state index >= 15 is 0 Å². The lowest BCUT2D eigenvalue weighted by Gasteiger charge is -2.23. The lowest BCUT2D eigenvalue weighted by molar-refractivity contribution is 0.0954. The summed E-state index contributed by atoms with van der Waals surface area (Å²) in [6.07, 6.45) is 0.848. The predicted molar refractivity (Wildman–Crippen MR) is 92.1 cm³/mol. The van der Waals surface area contributed by atoms with Crippen LogP contribution in [0.3, 0.4) is 0 Å². The summed E-state index contributed by atoms with van der Waals surface area (Å²) < 4.78 is 52.2. The Morgan fingerprint density at radius 3 is 2.28 bits per heavy atom. The largest absolute Gasteiger partial charge is 0.350 e. The number of para-hydroxylation sites is 1. The minimum Gasteiger partial charge on any atom is -0.350 e. The fourth-order valence-electron chi connectivity index (χ4n) is 2.33. The first-order valence-electron chi connectivity index (χ1n) is 7.47. The number of carbonyl (C=O) groups excluding carboxylic acids is 1. The molecule has 2 aromatic rings. The van der Waals surface area contributed by atoms with E-state index in [2.05, 4.69) is 5.32 Å². The number of sulfonamides is 1. The van der Waals surface area contributed by atoms with Crippen LogP contribution in [0.25, 0.3) is 0 Å². The Labute approximate surface area is 145 Å². The second kappa shape index (κ2) is 7.60. The van der Waals surface area contributed by atoms with E-state index in [1.165, 1.54) is 0 Å². The third-order valence-corrected chi connectivity index (χ3v) is 4.63. The molecule has 0 saturated carbocycles. The molecule has 0 radical (unpaired) electrons. The van der Waals surface area contributed by atoms with Crippen molar-refractivity contribution in [2.24, 2.45) is 0 Å². The summed E-state index contributed by atoms with van der Waals surface area (Å²) in [5.74, 6) is -2.38. The summed E-state index contributed by atoms with van der Waals surface area (Å²) in [6.45, 7) is 1.44. The Kier molecular flexibility index (Phi) is 5.73. The molecule has 8 heteroatoms. The standard InChI is InChI=1S/C17H18F2N2O3S/c1-12-5-3-6-13(11-12)17(22)20-9-10-21(25(2,23)24)16-14(18)7-4-8-15(16)19/h3-8,11H,9-10H2,1-2H3,(H,20,22). The molecule has 0 aromatic heterocycles. The Hall–Kier alpha value is -2.48. The zero-order chi connectivity index (χ0) is 18.6. The van der Waals surface area contributed by atoms with Gasteiger partial charge in [-0.3, -0.25) is 9.10 Å². The van der Waals surface area contributed by atoms with Gasteiger partial charge in [-0.1, -0.05) is 23.8 Å². The lowest BCUT2D eigenvalue weighted by atomic mass is 10.1. The van der Waals surface area contributed by atoms with Crippen LogP contribution in [0.4, 0.5) is 14.5 Å². The molecule has 134 valence electrons. The van der Waals surface area contributed by atoms with E-state index in [0.717, 1.165) is 30.0 Å². The summed E-state index contributed by atoms with van der Waals surface area (Å²) in [5, 5.41) is 2.55. The van der Waals surface area contributed by atoms with Crippen molar-refractivity contribution in [2.45, 2.75) is 6.92 Å². The number of aryl methyl sites for hydroxylation is 1. The van der Waals surface area contributed by atoms with Gasteiger partial charge >= 0.3 is 0 Å². The Balaban J connectivity index is 2.13. The fraction of sp³-hybridized carbons (Fsp3) is 0.235. The monoisotopic (exact) mass is 368 g/mol. The van der Waals surface area contributed by atoms with Crippen molar-refractivity contribution in [3.05, 3.63) is 65.2 Å². The Bertz CT molecular complexity index is 865. The van der Waals surface area contributed by atoms with Gasteiger partial charge in [0.05, 0.1) is 12.8 Å². The van der Waals surface area contributed by atoms with E-state index in [0.29, 0.717) is 9.87 Å². The number of rotatable bonds is 6. The van der Waals surface area contributed by atoms with E-state index in [1.54, 1.807) is 18.2 Å². The van der Waals surface area contributed by atoms with Gasteiger partial charge in [-0.2, -0.15) is 0 Å². The molecule has 25 heavy (non-hydrogen) atoms. The van der Waals surface area contributed by atoms with Crippen LogP contribution in [0.15, 0.2) is 42.5 Å². The molecule has 0 spiro atoms. The number of anilines is 1. The molecule has 0 bridgehead atoms. The lowest BCUT2D eigenvalue weighted by Crippen LogP contribution is -2.39. The topological polar surface area (TPSA) is 66.5 Å². The van der Waals surface area contributed by atoms with Gasteiger partial charge in [-0.25, -0.2) is 17.2 Å². The number of carbonyl (C=O) groups is 1. The van der Waals surface area contributed by atoms with Crippen LogP contribution in [-0.2, 0) is 10.0 Å². The highest BCUT2D eigenvalue weighted by Gasteiger charge is 2.24. The second-order valence-corrected chi connectivity index (χ2v) is 7.44. The van der Waals surface area contributed by atoms with Gasteiger partial charge in [0.15, 0.2) is 11.6 Å². The fourth-order valence-corrected chi connectivity index (χ4v) is 3.26. The molecule has 2 rings (SSSR count). The van der Waals surface area contributed by atoms with E-state index in [1.807, 2.05) is 13.0 Å². The third kappa shape index (κ3) is 4.76. The van der Waals surface area contributed by atoms with Crippen molar-refractivity contribution in [1.29, 1.82) is 0 Å². The quantitative estimate of drug-likeness (QED) is 0.852. The number of hydrogen-bond acceptors (Lipinski definition) is 3. The van der Waals surface area contributed by atoms with Crippen LogP contribution in [0, 0.1) is 18.6 Å². The SMILES string of the molecule is Cc1cccc(C(=O)NCCN(c2c(F)cccc2F)S(C)(=O)=O)c1. The Morgan fingerprint density at radius 1 is 1.12 bits per heavy atom. The average molecular weight is 368 g/mol. The van der Waals surface area contributed by atoms with Crippen molar-refractivity contribution in [3.8, 4) is 0 Å². The minimum absolute atomic E-state index is 0.104. The molecule has 0 saturated heterocycles. The number of hydrogen-bond donors (Lipinski definition) is 1. The number of nitrogens with zero attached hydrogens (tertiary/aromatic N) is 1. The maximum absolute atomic E-state index is 13.9. The predicted octanol–water partition coefficient (Wildman–Crippen LogP) is 2.47. The molecule has 1 amide bonds. The molecular formula is C17H18F2N2O3S. The van der Waals surface area contributed by atoms with Crippen molar-refractivity contribution >= 4 is 21.6 Å². The van der Waals surface area contributed by atoms with Crippen LogP contribution in [0.2, 0.25) is 0 Å². The van der Waals surface area contributed by atoms with Gasteiger partial charge in [0.1, 0.15) is 5.69 Å². The first-order valence-corrected chi connectivity index (χ1v) is 9.31. The highest BCUT2D eigenvalue weighted by atomic mass is 32.2. The highest BCUT2D eigenvalue weighted by molar-refractivity contribution is 7.92. The first kappa shape index (κ1) is 18.9. The first-order chi connectivity index (χ1) is 11.7. The summed E-state index contributed by atoms with van der Waals surface area (Å²) in [4.78, 5) is 12.1. The molecule has 0 heterocycles. The average Bonchev–Trinajstić information content (AvgIpc) is 2.52. The van der Waals surface area contributed by atoms with E-state index in [-0.39, 0.29) is 13.1 Å². The van der Waals surface area contributed by atoms with Crippen molar-refractivity contribution < 1.29 is 22.0 Å². The van der Waals surface area contributed by atoms with E-state index < -0.39 is 33.3 Å². The summed E-state index contributed by atoms with van der Waals surface area (Å²) in [5.41, 5.74) is 0.664. The molecule has 0 atom stereocenters. The van der Waals surface area contributed by atoms with Crippen LogP contribution >= 0.6 is 0 Å². The van der Waals surface area contributed by atoms with Crippen LogP contribution in [-0.4, -0.2) is 33.7 Å². The molecule has 5 nitrogen and oxygen atoms in total. The van der Waals surface area contributed by atoms with Crippen LogP contribution < -0.4 is 9.62 Å². The normalized spacial score (nSPS) is 11.2. The van der Waals surface area contributed by atoms with Gasteiger partial charge in [-0.15, -0.1) is 0 Å². The van der Waals surface area contributed by atoms with E-state index in [4.69, 9.17) is 0 Å². The zero-order valence-electron chi connectivity index (χ0n) is 13.8. The molecule has 0 unspecified atom stereocenters. The van der Waals surface area contributed by atoms with Gasteiger partial charge in [0, 0.05) is 12.1 Å². The molecular weight excluding hydrogens is 350 g/mol. The smallest absolute Gasteiger partial charge is 0.251 e. The minimum atomic E-state index is -3.93. The maximum Gasteiger partial charge on any atom is 0.251 e. The maximum atomic E-state index is 13.9. The molecule has 0 fully saturated rings.